The number of H-pyrrole nitrogens is 1. The van der Waals surface area contributed by atoms with Crippen molar-refractivity contribution in [3.05, 3.63) is 36.0 Å². The number of hydrogen-bond donors (Lipinski definition) is 2. The summed E-state index contributed by atoms with van der Waals surface area (Å²) in [6.45, 7) is 4.97. The molecule has 0 radical (unpaired) electrons. The van der Waals surface area contributed by atoms with Gasteiger partial charge in [-0.25, -0.2) is 4.79 Å². The Labute approximate surface area is 123 Å². The van der Waals surface area contributed by atoms with Crippen molar-refractivity contribution in [1.82, 2.24) is 10.3 Å². The van der Waals surface area contributed by atoms with Crippen molar-refractivity contribution in [1.29, 1.82) is 0 Å². The zero-order valence-electron chi connectivity index (χ0n) is 12.5. The van der Waals surface area contributed by atoms with Gasteiger partial charge >= 0.3 is 5.97 Å². The van der Waals surface area contributed by atoms with E-state index in [1.165, 1.54) is 6.92 Å². The average Bonchev–Trinajstić information content (AvgIpc) is 2.80. The largest absolute Gasteiger partial charge is 0.461 e. The molecule has 1 amide bonds. The topological polar surface area (TPSA) is 71.2 Å². The number of aromatic amines is 1. The Morgan fingerprint density at radius 2 is 2.00 bits per heavy atom. The van der Waals surface area contributed by atoms with Crippen LogP contribution >= 0.6 is 0 Å². The van der Waals surface area contributed by atoms with Gasteiger partial charge in [-0.3, -0.25) is 4.79 Å². The zero-order chi connectivity index (χ0) is 15.4. The van der Waals surface area contributed by atoms with Gasteiger partial charge in [0.1, 0.15) is 6.04 Å². The van der Waals surface area contributed by atoms with Crippen molar-refractivity contribution >= 4 is 22.8 Å². The highest BCUT2D eigenvalue weighted by Crippen LogP contribution is 2.19. The quantitative estimate of drug-likeness (QED) is 0.828. The minimum Gasteiger partial charge on any atom is -0.461 e. The fourth-order valence-electron chi connectivity index (χ4n) is 2.27. The maximum atomic E-state index is 12.1. The van der Waals surface area contributed by atoms with Gasteiger partial charge in [0.2, 0.25) is 5.91 Å². The van der Waals surface area contributed by atoms with Crippen LogP contribution in [-0.2, 0) is 20.7 Å². The lowest BCUT2D eigenvalue weighted by Gasteiger charge is -2.18. The number of esters is 1. The van der Waals surface area contributed by atoms with Gasteiger partial charge in [0, 0.05) is 30.4 Å². The summed E-state index contributed by atoms with van der Waals surface area (Å²) in [5, 5.41) is 3.71. The van der Waals surface area contributed by atoms with Crippen molar-refractivity contribution < 1.29 is 14.3 Å². The van der Waals surface area contributed by atoms with Gasteiger partial charge in [0.15, 0.2) is 0 Å². The summed E-state index contributed by atoms with van der Waals surface area (Å²) < 4.78 is 5.21. The van der Waals surface area contributed by atoms with E-state index in [0.29, 0.717) is 6.42 Å². The number of rotatable bonds is 5. The van der Waals surface area contributed by atoms with Crippen LogP contribution in [0, 0.1) is 0 Å². The Kier molecular flexibility index (Phi) is 4.62. The van der Waals surface area contributed by atoms with Crippen LogP contribution in [-0.4, -0.2) is 29.0 Å². The Bertz CT molecular complexity index is 646. The molecular formula is C16H20N2O3. The monoisotopic (exact) mass is 288 g/mol. The molecular weight excluding hydrogens is 268 g/mol. The Morgan fingerprint density at radius 1 is 1.29 bits per heavy atom. The summed E-state index contributed by atoms with van der Waals surface area (Å²) in [5.41, 5.74) is 1.98. The SMILES string of the molecule is CC(=O)N[C@@H](Cc1c[nH]c2ccccc12)C(=O)OC(C)C. The highest BCUT2D eigenvalue weighted by atomic mass is 16.5. The number of hydrogen-bond acceptors (Lipinski definition) is 3. The van der Waals surface area contributed by atoms with Crippen molar-refractivity contribution in [3.8, 4) is 0 Å². The molecule has 0 saturated carbocycles. The van der Waals surface area contributed by atoms with Crippen LogP contribution in [0.4, 0.5) is 0 Å². The van der Waals surface area contributed by atoms with Crippen LogP contribution in [0.1, 0.15) is 26.3 Å². The van der Waals surface area contributed by atoms with E-state index in [4.69, 9.17) is 4.74 Å². The van der Waals surface area contributed by atoms with Crippen molar-refractivity contribution in [2.75, 3.05) is 0 Å². The first kappa shape index (κ1) is 15.1. The maximum absolute atomic E-state index is 12.1. The molecule has 0 saturated heterocycles. The van der Waals surface area contributed by atoms with E-state index < -0.39 is 12.0 Å². The van der Waals surface area contributed by atoms with Crippen LogP contribution in [0.15, 0.2) is 30.5 Å². The molecule has 0 bridgehead atoms. The summed E-state index contributed by atoms with van der Waals surface area (Å²) in [5.74, 6) is -0.661. The Morgan fingerprint density at radius 3 is 2.67 bits per heavy atom. The van der Waals surface area contributed by atoms with Crippen LogP contribution in [0.25, 0.3) is 10.9 Å². The predicted octanol–water partition coefficient (Wildman–Crippen LogP) is 2.17. The first-order chi connectivity index (χ1) is 9.97. The summed E-state index contributed by atoms with van der Waals surface area (Å²) >= 11 is 0. The first-order valence-electron chi connectivity index (χ1n) is 7.00. The number of aromatic nitrogens is 1. The van der Waals surface area contributed by atoms with Gasteiger partial charge in [0.05, 0.1) is 6.10 Å². The summed E-state index contributed by atoms with van der Waals surface area (Å²) in [6, 6.07) is 7.17. The number of carbonyl (C=O) groups excluding carboxylic acids is 2. The second-order valence-electron chi connectivity index (χ2n) is 5.30. The minimum absolute atomic E-state index is 0.211. The molecule has 2 rings (SSSR count). The molecule has 0 aliphatic heterocycles. The number of fused-ring (bicyclic) bond motifs is 1. The summed E-state index contributed by atoms with van der Waals surface area (Å²) in [4.78, 5) is 26.6. The molecule has 1 aromatic heterocycles. The first-order valence-corrected chi connectivity index (χ1v) is 7.00. The van der Waals surface area contributed by atoms with Gasteiger partial charge in [0.25, 0.3) is 0 Å². The van der Waals surface area contributed by atoms with Gasteiger partial charge in [-0.15, -0.1) is 0 Å². The van der Waals surface area contributed by atoms with E-state index in [9.17, 15) is 9.59 Å². The third kappa shape index (κ3) is 3.84. The van der Waals surface area contributed by atoms with Crippen LogP contribution in [0.5, 0.6) is 0 Å². The van der Waals surface area contributed by atoms with E-state index >= 15 is 0 Å². The van der Waals surface area contributed by atoms with E-state index in [0.717, 1.165) is 16.5 Å². The van der Waals surface area contributed by atoms with Gasteiger partial charge in [-0.1, -0.05) is 18.2 Å². The highest BCUT2D eigenvalue weighted by Gasteiger charge is 2.23. The molecule has 2 aromatic rings. The second kappa shape index (κ2) is 6.43. The number of para-hydroxylation sites is 1. The molecule has 112 valence electrons. The fraction of sp³-hybridized carbons (Fsp3) is 0.375. The lowest BCUT2D eigenvalue weighted by molar-refractivity contribution is -0.151. The number of nitrogens with one attached hydrogen (secondary N) is 2. The normalized spacial score (nSPS) is 12.4. The lowest BCUT2D eigenvalue weighted by Crippen LogP contribution is -2.43. The predicted molar refractivity (Wildman–Crippen MR) is 80.8 cm³/mol. The fourth-order valence-corrected chi connectivity index (χ4v) is 2.27. The standard InChI is InChI=1S/C16H20N2O3/c1-10(2)21-16(20)15(18-11(3)19)8-12-9-17-14-7-5-4-6-13(12)14/h4-7,9-10,15,17H,8H2,1-3H3,(H,18,19)/t15-/m0/s1. The number of benzene rings is 1. The molecule has 1 atom stereocenters. The lowest BCUT2D eigenvalue weighted by atomic mass is 10.0. The average molecular weight is 288 g/mol. The van der Waals surface area contributed by atoms with E-state index in [2.05, 4.69) is 10.3 Å². The molecule has 2 N–H and O–H groups in total. The van der Waals surface area contributed by atoms with E-state index in [1.807, 2.05) is 30.5 Å². The smallest absolute Gasteiger partial charge is 0.329 e. The Hall–Kier alpha value is -2.30. The number of carbonyl (C=O) groups is 2. The minimum atomic E-state index is -0.677. The van der Waals surface area contributed by atoms with Gasteiger partial charge in [-0.2, -0.15) is 0 Å². The highest BCUT2D eigenvalue weighted by molar-refractivity contribution is 5.86. The van der Waals surface area contributed by atoms with Crippen molar-refractivity contribution in [3.63, 3.8) is 0 Å². The van der Waals surface area contributed by atoms with E-state index in [1.54, 1.807) is 13.8 Å². The van der Waals surface area contributed by atoms with Crippen molar-refractivity contribution in [2.24, 2.45) is 0 Å². The molecule has 5 heteroatoms. The zero-order valence-corrected chi connectivity index (χ0v) is 12.5. The third-order valence-corrected chi connectivity index (χ3v) is 3.11. The van der Waals surface area contributed by atoms with Gasteiger partial charge in [-0.05, 0) is 25.5 Å². The molecule has 0 spiro atoms. The molecule has 21 heavy (non-hydrogen) atoms. The molecule has 1 aromatic carbocycles. The number of ether oxygens (including phenoxy) is 1. The second-order valence-corrected chi connectivity index (χ2v) is 5.30. The maximum Gasteiger partial charge on any atom is 0.329 e. The molecule has 0 aliphatic rings. The third-order valence-electron chi connectivity index (χ3n) is 3.11. The van der Waals surface area contributed by atoms with Crippen LogP contribution in [0.3, 0.4) is 0 Å². The Balaban J connectivity index is 2.21. The van der Waals surface area contributed by atoms with Gasteiger partial charge < -0.3 is 15.0 Å². The molecule has 0 aliphatic carbocycles. The van der Waals surface area contributed by atoms with Crippen LogP contribution in [0.2, 0.25) is 0 Å². The molecule has 0 unspecified atom stereocenters. The number of amides is 1. The van der Waals surface area contributed by atoms with E-state index in [-0.39, 0.29) is 12.0 Å². The summed E-state index contributed by atoms with van der Waals surface area (Å²) in [6.07, 6.45) is 2.05. The molecule has 1 heterocycles. The van der Waals surface area contributed by atoms with Crippen LogP contribution < -0.4 is 5.32 Å². The molecule has 5 nitrogen and oxygen atoms in total. The molecule has 0 fully saturated rings. The van der Waals surface area contributed by atoms with Crippen molar-refractivity contribution in [2.45, 2.75) is 39.3 Å². The summed E-state index contributed by atoms with van der Waals surface area (Å²) in [7, 11) is 0.